The van der Waals surface area contributed by atoms with E-state index < -0.39 is 0 Å². The summed E-state index contributed by atoms with van der Waals surface area (Å²) in [5.74, 6) is 0. The molecule has 1 aromatic rings. The molecule has 0 bridgehead atoms. The Labute approximate surface area is 96.8 Å². The minimum Gasteiger partial charge on any atom is -0.385 e. The first-order valence-electron chi connectivity index (χ1n) is 5.51. The molecule has 0 amide bonds. The second-order valence-corrected chi connectivity index (χ2v) is 3.78. The van der Waals surface area contributed by atoms with Crippen LogP contribution in [-0.2, 0) is 9.47 Å². The highest BCUT2D eigenvalue weighted by Gasteiger charge is 2.16. The zero-order valence-corrected chi connectivity index (χ0v) is 9.93. The fourth-order valence-corrected chi connectivity index (χ4v) is 1.52. The molecule has 4 heteroatoms. The Morgan fingerprint density at radius 3 is 2.56 bits per heavy atom. The lowest BCUT2D eigenvalue weighted by atomic mass is 10.1. The molecule has 4 nitrogen and oxygen atoms in total. The van der Waals surface area contributed by atoms with Crippen LogP contribution in [0.15, 0.2) is 24.5 Å². The van der Waals surface area contributed by atoms with Gasteiger partial charge in [0.15, 0.2) is 0 Å². The maximum Gasteiger partial charge on any atom is 0.0974 e. The van der Waals surface area contributed by atoms with Crippen molar-refractivity contribution in [3.8, 4) is 0 Å². The minimum absolute atomic E-state index is 0.0371. The predicted molar refractivity (Wildman–Crippen MR) is 63.1 cm³/mol. The van der Waals surface area contributed by atoms with Gasteiger partial charge in [0.05, 0.1) is 6.10 Å². The van der Waals surface area contributed by atoms with Gasteiger partial charge in [-0.05, 0) is 31.0 Å². The van der Waals surface area contributed by atoms with Crippen LogP contribution in [0.3, 0.4) is 0 Å². The van der Waals surface area contributed by atoms with Gasteiger partial charge < -0.3 is 15.2 Å². The molecule has 1 rings (SSSR count). The van der Waals surface area contributed by atoms with Crippen molar-refractivity contribution >= 4 is 0 Å². The number of rotatable bonds is 7. The summed E-state index contributed by atoms with van der Waals surface area (Å²) in [5.41, 5.74) is 6.98. The quantitative estimate of drug-likeness (QED) is 0.713. The van der Waals surface area contributed by atoms with Crippen LogP contribution >= 0.6 is 0 Å². The Bertz CT molecular complexity index is 278. The fraction of sp³-hybridized carbons (Fsp3) is 0.583. The molecule has 0 aliphatic carbocycles. The summed E-state index contributed by atoms with van der Waals surface area (Å²) in [6, 6.07) is 3.83. The second kappa shape index (κ2) is 7.33. The number of pyridine rings is 1. The monoisotopic (exact) mass is 224 g/mol. The number of aromatic nitrogens is 1. The van der Waals surface area contributed by atoms with E-state index in [2.05, 4.69) is 4.98 Å². The molecule has 0 saturated heterocycles. The molecule has 0 aliphatic rings. The highest BCUT2D eigenvalue weighted by Crippen LogP contribution is 2.19. The van der Waals surface area contributed by atoms with Crippen LogP contribution < -0.4 is 5.73 Å². The van der Waals surface area contributed by atoms with Gasteiger partial charge >= 0.3 is 0 Å². The van der Waals surface area contributed by atoms with E-state index in [-0.39, 0.29) is 12.1 Å². The fourth-order valence-electron chi connectivity index (χ4n) is 1.52. The van der Waals surface area contributed by atoms with E-state index in [0.29, 0.717) is 13.2 Å². The summed E-state index contributed by atoms with van der Waals surface area (Å²) >= 11 is 0. The van der Waals surface area contributed by atoms with Gasteiger partial charge in [0.2, 0.25) is 0 Å². The standard InChI is InChI=1S/C12H20N2O2/c1-10(13)12(16-9-3-8-15-2)11-4-6-14-7-5-11/h4-7,10,12H,3,8-9,13H2,1-2H3. The molecule has 90 valence electrons. The third-order valence-corrected chi connectivity index (χ3v) is 2.30. The summed E-state index contributed by atoms with van der Waals surface area (Å²) in [6.07, 6.45) is 4.32. The van der Waals surface area contributed by atoms with E-state index in [0.717, 1.165) is 12.0 Å². The summed E-state index contributed by atoms with van der Waals surface area (Å²) < 4.78 is 10.7. The molecule has 16 heavy (non-hydrogen) atoms. The first-order chi connectivity index (χ1) is 7.75. The molecule has 0 radical (unpaired) electrons. The van der Waals surface area contributed by atoms with Crippen LogP contribution in [0, 0.1) is 0 Å². The molecule has 0 spiro atoms. The van der Waals surface area contributed by atoms with Gasteiger partial charge in [0.25, 0.3) is 0 Å². The summed E-state index contributed by atoms with van der Waals surface area (Å²) in [4.78, 5) is 3.98. The zero-order chi connectivity index (χ0) is 11.8. The summed E-state index contributed by atoms with van der Waals surface area (Å²) in [6.45, 7) is 3.31. The zero-order valence-electron chi connectivity index (χ0n) is 9.93. The molecule has 2 N–H and O–H groups in total. The normalized spacial score (nSPS) is 14.7. The largest absolute Gasteiger partial charge is 0.385 e. The topological polar surface area (TPSA) is 57.4 Å². The SMILES string of the molecule is COCCCOC(c1ccncc1)C(C)N. The summed E-state index contributed by atoms with van der Waals surface area (Å²) in [7, 11) is 1.69. The third-order valence-electron chi connectivity index (χ3n) is 2.30. The van der Waals surface area contributed by atoms with Gasteiger partial charge in [-0.2, -0.15) is 0 Å². The maximum absolute atomic E-state index is 5.91. The number of nitrogens with zero attached hydrogens (tertiary/aromatic N) is 1. The molecular weight excluding hydrogens is 204 g/mol. The lowest BCUT2D eigenvalue weighted by Crippen LogP contribution is -2.27. The van der Waals surface area contributed by atoms with Crippen molar-refractivity contribution in [1.29, 1.82) is 0 Å². The molecule has 0 fully saturated rings. The van der Waals surface area contributed by atoms with Crippen molar-refractivity contribution in [1.82, 2.24) is 4.98 Å². The van der Waals surface area contributed by atoms with Crippen LogP contribution in [0.4, 0.5) is 0 Å². The highest BCUT2D eigenvalue weighted by atomic mass is 16.5. The number of methoxy groups -OCH3 is 1. The van der Waals surface area contributed by atoms with Crippen molar-refractivity contribution < 1.29 is 9.47 Å². The van der Waals surface area contributed by atoms with Gasteiger partial charge in [-0.3, -0.25) is 4.98 Å². The molecule has 1 aromatic heterocycles. The lowest BCUT2D eigenvalue weighted by Gasteiger charge is -2.21. The lowest BCUT2D eigenvalue weighted by molar-refractivity contribution is 0.0264. The molecule has 1 heterocycles. The summed E-state index contributed by atoms with van der Waals surface area (Å²) in [5, 5.41) is 0. The first-order valence-corrected chi connectivity index (χ1v) is 5.51. The van der Waals surface area contributed by atoms with Crippen molar-refractivity contribution in [2.75, 3.05) is 20.3 Å². The van der Waals surface area contributed by atoms with Gasteiger partial charge in [-0.15, -0.1) is 0 Å². The minimum atomic E-state index is -0.0696. The number of hydrogen-bond donors (Lipinski definition) is 1. The third kappa shape index (κ3) is 4.26. The average Bonchev–Trinajstić information content (AvgIpc) is 2.30. The van der Waals surface area contributed by atoms with Crippen LogP contribution in [0.1, 0.15) is 25.0 Å². The molecule has 0 aliphatic heterocycles. The Morgan fingerprint density at radius 2 is 2.00 bits per heavy atom. The van der Waals surface area contributed by atoms with Gasteiger partial charge in [-0.25, -0.2) is 0 Å². The Kier molecular flexibility index (Phi) is 6.00. The van der Waals surface area contributed by atoms with Crippen LogP contribution in [0.2, 0.25) is 0 Å². The smallest absolute Gasteiger partial charge is 0.0974 e. The van der Waals surface area contributed by atoms with Crippen LogP contribution in [0.25, 0.3) is 0 Å². The van der Waals surface area contributed by atoms with Gasteiger partial charge in [0.1, 0.15) is 0 Å². The van der Waals surface area contributed by atoms with Crippen molar-refractivity contribution in [3.05, 3.63) is 30.1 Å². The van der Waals surface area contributed by atoms with Crippen molar-refractivity contribution in [2.45, 2.75) is 25.5 Å². The molecule has 0 aromatic carbocycles. The van der Waals surface area contributed by atoms with Crippen molar-refractivity contribution in [3.63, 3.8) is 0 Å². The van der Waals surface area contributed by atoms with E-state index in [1.165, 1.54) is 0 Å². The van der Waals surface area contributed by atoms with Gasteiger partial charge in [-0.1, -0.05) is 0 Å². The van der Waals surface area contributed by atoms with Crippen LogP contribution in [-0.4, -0.2) is 31.3 Å². The highest BCUT2D eigenvalue weighted by molar-refractivity contribution is 5.14. The van der Waals surface area contributed by atoms with E-state index in [1.54, 1.807) is 19.5 Å². The number of ether oxygens (including phenoxy) is 2. The molecular formula is C12H20N2O2. The Balaban J connectivity index is 2.49. The van der Waals surface area contributed by atoms with Crippen molar-refractivity contribution in [2.24, 2.45) is 5.73 Å². The van der Waals surface area contributed by atoms with E-state index >= 15 is 0 Å². The van der Waals surface area contributed by atoms with E-state index in [4.69, 9.17) is 15.2 Å². The first kappa shape index (κ1) is 13.1. The maximum atomic E-state index is 5.91. The second-order valence-electron chi connectivity index (χ2n) is 3.78. The molecule has 2 atom stereocenters. The van der Waals surface area contributed by atoms with Crippen LogP contribution in [0.5, 0.6) is 0 Å². The Morgan fingerprint density at radius 1 is 1.31 bits per heavy atom. The van der Waals surface area contributed by atoms with Gasteiger partial charge in [0, 0.05) is 38.8 Å². The molecule has 0 saturated carbocycles. The Hall–Kier alpha value is -0.970. The number of nitrogens with two attached hydrogens (primary N) is 1. The molecule has 2 unspecified atom stereocenters. The number of hydrogen-bond acceptors (Lipinski definition) is 4. The average molecular weight is 224 g/mol. The van der Waals surface area contributed by atoms with E-state index in [1.807, 2.05) is 19.1 Å². The predicted octanol–water partition coefficient (Wildman–Crippen LogP) is 1.52. The van der Waals surface area contributed by atoms with E-state index in [9.17, 15) is 0 Å².